The van der Waals surface area contributed by atoms with Crippen molar-refractivity contribution < 1.29 is 14.7 Å². The van der Waals surface area contributed by atoms with E-state index < -0.39 is 11.9 Å². The molecule has 1 amide bonds. The van der Waals surface area contributed by atoms with Gasteiger partial charge < -0.3 is 10.4 Å². The predicted molar refractivity (Wildman–Crippen MR) is 73.3 cm³/mol. The quantitative estimate of drug-likeness (QED) is 0.852. The molecular formula is C13H9BrN2O3. The van der Waals surface area contributed by atoms with Gasteiger partial charge in [-0.05, 0) is 40.2 Å². The lowest BCUT2D eigenvalue weighted by Crippen LogP contribution is -2.16. The summed E-state index contributed by atoms with van der Waals surface area (Å²) in [5, 5.41) is 11.6. The van der Waals surface area contributed by atoms with Crippen molar-refractivity contribution in [1.29, 1.82) is 0 Å². The molecule has 1 aromatic heterocycles. The number of nitrogens with one attached hydrogen (secondary N) is 1. The fraction of sp³-hybridized carbons (Fsp3) is 0. The molecule has 2 aromatic rings. The number of aromatic nitrogens is 1. The van der Waals surface area contributed by atoms with Crippen LogP contribution in [0.15, 0.2) is 47.1 Å². The number of carboxylic acid groups (broad SMARTS) is 1. The Kier molecular flexibility index (Phi) is 3.91. The largest absolute Gasteiger partial charge is 0.478 e. The number of rotatable bonds is 3. The van der Waals surface area contributed by atoms with Crippen LogP contribution in [0.5, 0.6) is 0 Å². The number of carbonyl (C=O) groups excluding carboxylic acids is 1. The van der Waals surface area contributed by atoms with Crippen molar-refractivity contribution in [3.63, 3.8) is 0 Å². The van der Waals surface area contributed by atoms with E-state index in [0.29, 0.717) is 4.60 Å². The first kappa shape index (κ1) is 13.2. The first-order valence-corrected chi connectivity index (χ1v) is 6.13. The molecule has 96 valence electrons. The van der Waals surface area contributed by atoms with Crippen molar-refractivity contribution in [1.82, 2.24) is 4.98 Å². The summed E-state index contributed by atoms with van der Waals surface area (Å²) in [7, 11) is 0. The van der Waals surface area contributed by atoms with E-state index in [9.17, 15) is 9.59 Å². The average Bonchev–Trinajstić information content (AvgIpc) is 2.39. The number of amides is 1. The van der Waals surface area contributed by atoms with Gasteiger partial charge in [0.2, 0.25) is 0 Å². The molecule has 1 aromatic carbocycles. The number of carboxylic acids is 1. The van der Waals surface area contributed by atoms with Crippen molar-refractivity contribution >= 4 is 33.5 Å². The normalized spacial score (nSPS) is 9.95. The molecule has 1 heterocycles. The molecule has 2 N–H and O–H groups in total. The number of carbonyl (C=O) groups is 2. The van der Waals surface area contributed by atoms with Crippen molar-refractivity contribution in [2.45, 2.75) is 0 Å². The highest BCUT2D eigenvalue weighted by Crippen LogP contribution is 2.16. The van der Waals surface area contributed by atoms with E-state index in [-0.39, 0.29) is 16.9 Å². The molecule has 0 aliphatic rings. The number of para-hydroxylation sites is 1. The Morgan fingerprint density at radius 3 is 2.53 bits per heavy atom. The van der Waals surface area contributed by atoms with Gasteiger partial charge in [-0.25, -0.2) is 9.78 Å². The summed E-state index contributed by atoms with van der Waals surface area (Å²) in [6.07, 6.45) is 0. The Labute approximate surface area is 117 Å². The number of nitrogens with zero attached hydrogens (tertiary/aromatic N) is 1. The highest BCUT2D eigenvalue weighted by Gasteiger charge is 2.13. The molecule has 0 aliphatic heterocycles. The molecule has 0 fully saturated rings. The van der Waals surface area contributed by atoms with Crippen LogP contribution in [0.4, 0.5) is 5.69 Å². The summed E-state index contributed by atoms with van der Waals surface area (Å²) in [6, 6.07) is 11.1. The van der Waals surface area contributed by atoms with Gasteiger partial charge in [-0.2, -0.15) is 0 Å². The lowest BCUT2D eigenvalue weighted by molar-refractivity contribution is 0.0698. The van der Waals surface area contributed by atoms with E-state index in [4.69, 9.17) is 5.11 Å². The smallest absolute Gasteiger partial charge is 0.337 e. The lowest BCUT2D eigenvalue weighted by Gasteiger charge is -2.07. The van der Waals surface area contributed by atoms with Crippen molar-refractivity contribution in [2.75, 3.05) is 5.32 Å². The molecule has 0 atom stereocenters. The molecule has 0 spiro atoms. The topological polar surface area (TPSA) is 79.3 Å². The molecule has 0 unspecified atom stereocenters. The summed E-state index contributed by atoms with van der Waals surface area (Å²) >= 11 is 3.17. The minimum absolute atomic E-state index is 0.0332. The van der Waals surface area contributed by atoms with Crippen LogP contribution >= 0.6 is 15.9 Å². The Bertz CT molecular complexity index is 643. The van der Waals surface area contributed by atoms with Crippen LogP contribution in [0.3, 0.4) is 0 Å². The standard InChI is InChI=1S/C13H9BrN2O3/c14-11-7-3-6-10(15-11)12(17)16-9-5-2-1-4-8(9)13(18)19/h1-7H,(H,16,17)(H,18,19). The van der Waals surface area contributed by atoms with E-state index in [1.165, 1.54) is 12.1 Å². The fourth-order valence-electron chi connectivity index (χ4n) is 1.50. The molecule has 0 saturated carbocycles. The van der Waals surface area contributed by atoms with Crippen molar-refractivity contribution in [3.05, 3.63) is 58.3 Å². The van der Waals surface area contributed by atoms with E-state index in [1.807, 2.05) is 0 Å². The van der Waals surface area contributed by atoms with Gasteiger partial charge in [-0.3, -0.25) is 4.79 Å². The predicted octanol–water partition coefficient (Wildman–Crippen LogP) is 2.79. The second-order valence-electron chi connectivity index (χ2n) is 3.65. The third kappa shape index (κ3) is 3.17. The first-order valence-electron chi connectivity index (χ1n) is 5.34. The monoisotopic (exact) mass is 320 g/mol. The molecule has 19 heavy (non-hydrogen) atoms. The third-order valence-electron chi connectivity index (χ3n) is 2.35. The van der Waals surface area contributed by atoms with Gasteiger partial charge in [0.1, 0.15) is 10.3 Å². The van der Waals surface area contributed by atoms with Gasteiger partial charge in [-0.15, -0.1) is 0 Å². The number of benzene rings is 1. The van der Waals surface area contributed by atoms with Gasteiger partial charge in [-0.1, -0.05) is 18.2 Å². The van der Waals surface area contributed by atoms with Crippen LogP contribution in [-0.2, 0) is 0 Å². The van der Waals surface area contributed by atoms with Gasteiger partial charge in [0.05, 0.1) is 11.3 Å². The van der Waals surface area contributed by atoms with Crippen molar-refractivity contribution in [3.8, 4) is 0 Å². The maximum absolute atomic E-state index is 12.0. The van der Waals surface area contributed by atoms with Crippen LogP contribution in [0.2, 0.25) is 0 Å². The number of aromatic carboxylic acids is 1. The minimum Gasteiger partial charge on any atom is -0.478 e. The number of hydrogen-bond donors (Lipinski definition) is 2. The zero-order chi connectivity index (χ0) is 13.8. The second kappa shape index (κ2) is 5.62. The summed E-state index contributed by atoms with van der Waals surface area (Å²) in [5.74, 6) is -1.56. The molecule has 6 heteroatoms. The molecule has 0 aliphatic carbocycles. The first-order chi connectivity index (χ1) is 9.08. The van der Waals surface area contributed by atoms with Crippen LogP contribution in [0, 0.1) is 0 Å². The SMILES string of the molecule is O=C(Nc1ccccc1C(=O)O)c1cccc(Br)n1. The highest BCUT2D eigenvalue weighted by atomic mass is 79.9. The van der Waals surface area contributed by atoms with Crippen LogP contribution in [0.25, 0.3) is 0 Å². The van der Waals surface area contributed by atoms with Crippen LogP contribution in [-0.4, -0.2) is 22.0 Å². The molecule has 5 nitrogen and oxygen atoms in total. The Balaban J connectivity index is 2.27. The second-order valence-corrected chi connectivity index (χ2v) is 4.46. The Morgan fingerprint density at radius 1 is 1.11 bits per heavy atom. The number of anilines is 1. The van der Waals surface area contributed by atoms with Gasteiger partial charge in [0.25, 0.3) is 5.91 Å². The lowest BCUT2D eigenvalue weighted by atomic mass is 10.1. The summed E-state index contributed by atoms with van der Waals surface area (Å²) < 4.78 is 0.534. The Morgan fingerprint density at radius 2 is 1.84 bits per heavy atom. The molecule has 2 rings (SSSR count). The average molecular weight is 321 g/mol. The molecule has 0 radical (unpaired) electrons. The van der Waals surface area contributed by atoms with Crippen molar-refractivity contribution in [2.24, 2.45) is 0 Å². The number of halogens is 1. The molecule has 0 saturated heterocycles. The fourth-order valence-corrected chi connectivity index (χ4v) is 1.84. The zero-order valence-corrected chi connectivity index (χ0v) is 11.2. The van der Waals surface area contributed by atoms with Gasteiger partial charge in [0.15, 0.2) is 0 Å². The third-order valence-corrected chi connectivity index (χ3v) is 2.80. The van der Waals surface area contributed by atoms with E-state index in [0.717, 1.165) is 0 Å². The number of hydrogen-bond acceptors (Lipinski definition) is 3. The zero-order valence-electron chi connectivity index (χ0n) is 9.63. The molecule has 0 bridgehead atoms. The molecular weight excluding hydrogens is 312 g/mol. The number of pyridine rings is 1. The van der Waals surface area contributed by atoms with E-state index in [2.05, 4.69) is 26.2 Å². The minimum atomic E-state index is -1.10. The Hall–Kier alpha value is -2.21. The van der Waals surface area contributed by atoms with Gasteiger partial charge >= 0.3 is 5.97 Å². The summed E-state index contributed by atoms with van der Waals surface area (Å²) in [5.41, 5.74) is 0.474. The highest BCUT2D eigenvalue weighted by molar-refractivity contribution is 9.10. The van der Waals surface area contributed by atoms with E-state index in [1.54, 1.807) is 30.3 Å². The van der Waals surface area contributed by atoms with Crippen LogP contribution < -0.4 is 5.32 Å². The maximum atomic E-state index is 12.0. The van der Waals surface area contributed by atoms with Gasteiger partial charge in [0, 0.05) is 0 Å². The summed E-state index contributed by atoms with van der Waals surface area (Å²) in [4.78, 5) is 27.0. The van der Waals surface area contributed by atoms with Crippen LogP contribution in [0.1, 0.15) is 20.8 Å². The van der Waals surface area contributed by atoms with E-state index >= 15 is 0 Å². The maximum Gasteiger partial charge on any atom is 0.337 e. The summed E-state index contributed by atoms with van der Waals surface area (Å²) in [6.45, 7) is 0.